The number of ether oxygens (including phenoxy) is 1. The van der Waals surface area contributed by atoms with Gasteiger partial charge in [-0.15, -0.1) is 0 Å². The van der Waals surface area contributed by atoms with E-state index in [0.717, 1.165) is 5.56 Å². The van der Waals surface area contributed by atoms with Gasteiger partial charge in [0, 0.05) is 16.5 Å². The van der Waals surface area contributed by atoms with Crippen LogP contribution in [0.5, 0.6) is 5.75 Å². The van der Waals surface area contributed by atoms with E-state index in [2.05, 4.69) is 5.32 Å². The predicted octanol–water partition coefficient (Wildman–Crippen LogP) is 2.46. The molecule has 2 aromatic carbocycles. The average molecular weight is 361 g/mol. The number of carbonyl (C=O) groups excluding carboxylic acids is 1. The van der Waals surface area contributed by atoms with Crippen molar-refractivity contribution in [1.82, 2.24) is 0 Å². The molecule has 0 aliphatic carbocycles. The molecule has 1 atom stereocenters. The molecular formula is C18H19NO5S. The Morgan fingerprint density at radius 1 is 1.08 bits per heavy atom. The molecule has 2 rings (SSSR count). The molecular weight excluding hydrogens is 342 g/mol. The average Bonchev–Trinajstić information content (AvgIpc) is 2.57. The van der Waals surface area contributed by atoms with Gasteiger partial charge in [-0.05, 0) is 43.3 Å². The first-order valence-electron chi connectivity index (χ1n) is 7.61. The Hall–Kier alpha value is -2.67. The number of amides is 1. The summed E-state index contributed by atoms with van der Waals surface area (Å²) < 4.78 is 17.4. The molecule has 1 unspecified atom stereocenters. The first-order valence-corrected chi connectivity index (χ1v) is 9.10. The SMILES string of the molecule is Cc1ccc(OCCS(=O)CC(=O)Nc2ccc(C(=O)O)cc2)cc1. The molecule has 0 spiro atoms. The van der Waals surface area contributed by atoms with Gasteiger partial charge in [0.05, 0.1) is 17.9 Å². The second-order valence-electron chi connectivity index (χ2n) is 5.38. The van der Waals surface area contributed by atoms with Crippen LogP contribution in [0.25, 0.3) is 0 Å². The number of anilines is 1. The van der Waals surface area contributed by atoms with Crippen LogP contribution < -0.4 is 10.1 Å². The van der Waals surface area contributed by atoms with Crippen LogP contribution in [-0.2, 0) is 15.6 Å². The van der Waals surface area contributed by atoms with Gasteiger partial charge in [-0.25, -0.2) is 4.79 Å². The van der Waals surface area contributed by atoms with Crippen LogP contribution in [0.4, 0.5) is 5.69 Å². The molecule has 2 N–H and O–H groups in total. The minimum atomic E-state index is -1.34. The van der Waals surface area contributed by atoms with Crippen molar-refractivity contribution in [3.05, 3.63) is 59.7 Å². The molecule has 0 saturated heterocycles. The van der Waals surface area contributed by atoms with Gasteiger partial charge in [0.1, 0.15) is 11.5 Å². The smallest absolute Gasteiger partial charge is 0.335 e. The summed E-state index contributed by atoms with van der Waals surface area (Å²) >= 11 is 0. The van der Waals surface area contributed by atoms with Crippen LogP contribution in [0.2, 0.25) is 0 Å². The van der Waals surface area contributed by atoms with Crippen molar-refractivity contribution in [3.63, 3.8) is 0 Å². The lowest BCUT2D eigenvalue weighted by atomic mass is 10.2. The number of aryl methyl sites for hydroxylation is 1. The molecule has 25 heavy (non-hydrogen) atoms. The van der Waals surface area contributed by atoms with Crippen molar-refractivity contribution >= 4 is 28.4 Å². The fraction of sp³-hybridized carbons (Fsp3) is 0.222. The number of carbonyl (C=O) groups is 2. The van der Waals surface area contributed by atoms with E-state index in [9.17, 15) is 13.8 Å². The molecule has 0 aliphatic rings. The predicted molar refractivity (Wildman–Crippen MR) is 96.6 cm³/mol. The maximum atomic E-state index is 11.9. The summed E-state index contributed by atoms with van der Waals surface area (Å²) in [5.74, 6) is -0.619. The van der Waals surface area contributed by atoms with E-state index < -0.39 is 22.7 Å². The quantitative estimate of drug-likeness (QED) is 0.753. The van der Waals surface area contributed by atoms with Gasteiger partial charge >= 0.3 is 5.97 Å². The summed E-state index contributed by atoms with van der Waals surface area (Å²) in [6, 6.07) is 13.3. The molecule has 0 saturated carbocycles. The van der Waals surface area contributed by atoms with Crippen molar-refractivity contribution < 1.29 is 23.6 Å². The molecule has 2 aromatic rings. The van der Waals surface area contributed by atoms with Crippen LogP contribution in [0, 0.1) is 6.92 Å². The first-order chi connectivity index (χ1) is 11.9. The third-order valence-electron chi connectivity index (χ3n) is 3.31. The van der Waals surface area contributed by atoms with Gasteiger partial charge in [-0.3, -0.25) is 9.00 Å². The zero-order valence-corrected chi connectivity index (χ0v) is 14.5. The van der Waals surface area contributed by atoms with Crippen molar-refractivity contribution in [3.8, 4) is 5.75 Å². The Bertz CT molecular complexity index is 756. The largest absolute Gasteiger partial charge is 0.493 e. The highest BCUT2D eigenvalue weighted by molar-refractivity contribution is 7.85. The molecule has 1 amide bonds. The monoisotopic (exact) mass is 361 g/mol. The van der Waals surface area contributed by atoms with Crippen molar-refractivity contribution in [2.24, 2.45) is 0 Å². The third-order valence-corrected chi connectivity index (χ3v) is 4.51. The van der Waals surface area contributed by atoms with Gasteiger partial charge in [0.2, 0.25) is 5.91 Å². The van der Waals surface area contributed by atoms with E-state index in [0.29, 0.717) is 11.4 Å². The summed E-state index contributed by atoms with van der Waals surface area (Å²) in [6.45, 7) is 2.24. The lowest BCUT2D eigenvalue weighted by molar-refractivity contribution is -0.113. The number of benzene rings is 2. The summed E-state index contributed by atoms with van der Waals surface area (Å²) in [5, 5.41) is 11.4. The number of aromatic carboxylic acids is 1. The summed E-state index contributed by atoms with van der Waals surface area (Å²) in [5.41, 5.74) is 1.72. The van der Waals surface area contributed by atoms with Crippen molar-refractivity contribution in [2.45, 2.75) is 6.92 Å². The van der Waals surface area contributed by atoms with Crippen LogP contribution in [0.1, 0.15) is 15.9 Å². The third kappa shape index (κ3) is 6.39. The van der Waals surface area contributed by atoms with Gasteiger partial charge < -0.3 is 15.2 Å². The van der Waals surface area contributed by atoms with E-state index in [4.69, 9.17) is 9.84 Å². The van der Waals surface area contributed by atoms with E-state index >= 15 is 0 Å². The van der Waals surface area contributed by atoms with Crippen LogP contribution in [0.3, 0.4) is 0 Å². The van der Waals surface area contributed by atoms with Gasteiger partial charge in [-0.1, -0.05) is 17.7 Å². The lowest BCUT2D eigenvalue weighted by Gasteiger charge is -2.07. The normalized spacial score (nSPS) is 11.6. The molecule has 0 aliphatic heterocycles. The maximum absolute atomic E-state index is 11.9. The number of rotatable bonds is 8. The van der Waals surface area contributed by atoms with E-state index in [1.165, 1.54) is 24.3 Å². The molecule has 6 nitrogen and oxygen atoms in total. The zero-order chi connectivity index (χ0) is 18.2. The summed E-state index contributed by atoms with van der Waals surface area (Å²) in [6.07, 6.45) is 0. The number of hydrogen-bond donors (Lipinski definition) is 2. The number of nitrogens with one attached hydrogen (secondary N) is 1. The zero-order valence-electron chi connectivity index (χ0n) is 13.7. The molecule has 0 heterocycles. The number of carboxylic acids is 1. The molecule has 132 valence electrons. The highest BCUT2D eigenvalue weighted by Crippen LogP contribution is 2.11. The summed E-state index contributed by atoms with van der Waals surface area (Å²) in [7, 11) is -1.34. The Morgan fingerprint density at radius 2 is 1.72 bits per heavy atom. The Morgan fingerprint density at radius 3 is 2.32 bits per heavy atom. The Labute approximate surface area is 148 Å². The maximum Gasteiger partial charge on any atom is 0.335 e. The second kappa shape index (κ2) is 8.98. The number of hydrogen-bond acceptors (Lipinski definition) is 4. The lowest BCUT2D eigenvalue weighted by Crippen LogP contribution is -2.22. The van der Waals surface area contributed by atoms with E-state index in [-0.39, 0.29) is 23.7 Å². The molecule has 0 radical (unpaired) electrons. The van der Waals surface area contributed by atoms with Crippen molar-refractivity contribution in [1.29, 1.82) is 0 Å². The Kier molecular flexibility index (Phi) is 6.71. The first kappa shape index (κ1) is 18.7. The van der Waals surface area contributed by atoms with Crippen molar-refractivity contribution in [2.75, 3.05) is 23.4 Å². The minimum Gasteiger partial charge on any atom is -0.493 e. The fourth-order valence-corrected chi connectivity index (χ4v) is 2.78. The second-order valence-corrected chi connectivity index (χ2v) is 6.96. The van der Waals surface area contributed by atoms with Crippen LogP contribution in [-0.4, -0.2) is 39.3 Å². The standard InChI is InChI=1S/C18H19NO5S/c1-13-2-8-16(9-3-13)24-10-11-25(23)12-17(20)19-15-6-4-14(5-7-15)18(21)22/h2-9H,10-12H2,1H3,(H,19,20)(H,21,22). The van der Waals surface area contributed by atoms with E-state index in [1.807, 2.05) is 31.2 Å². The van der Waals surface area contributed by atoms with Crippen LogP contribution >= 0.6 is 0 Å². The van der Waals surface area contributed by atoms with Gasteiger partial charge in [0.25, 0.3) is 0 Å². The Balaban J connectivity index is 1.73. The number of carboxylic acid groups (broad SMARTS) is 1. The molecule has 7 heteroatoms. The molecule has 0 bridgehead atoms. The fourth-order valence-electron chi connectivity index (χ4n) is 2.00. The van der Waals surface area contributed by atoms with Gasteiger partial charge in [0.15, 0.2) is 0 Å². The molecule has 0 aromatic heterocycles. The van der Waals surface area contributed by atoms with Crippen LogP contribution in [0.15, 0.2) is 48.5 Å². The van der Waals surface area contributed by atoms with Gasteiger partial charge in [-0.2, -0.15) is 0 Å². The summed E-state index contributed by atoms with van der Waals surface area (Å²) in [4.78, 5) is 22.6. The topological polar surface area (TPSA) is 92.7 Å². The highest BCUT2D eigenvalue weighted by atomic mass is 32.2. The molecule has 0 fully saturated rings. The van der Waals surface area contributed by atoms with E-state index in [1.54, 1.807) is 0 Å². The highest BCUT2D eigenvalue weighted by Gasteiger charge is 2.09. The minimum absolute atomic E-state index is 0.134.